The number of hydrogen-bond acceptors (Lipinski definition) is 2. The molecule has 3 aromatic rings. The van der Waals surface area contributed by atoms with Crippen molar-refractivity contribution in [3.63, 3.8) is 0 Å². The second kappa shape index (κ2) is 7.76. The maximum Gasteiger partial charge on any atom is 0.322 e. The molecule has 28 heavy (non-hydrogen) atoms. The van der Waals surface area contributed by atoms with Crippen molar-refractivity contribution in [1.29, 1.82) is 0 Å². The minimum absolute atomic E-state index is 0.217. The molecule has 5 nitrogen and oxygen atoms in total. The van der Waals surface area contributed by atoms with Crippen molar-refractivity contribution in [2.45, 2.75) is 19.5 Å². The molecule has 0 bridgehead atoms. The molecule has 1 aliphatic heterocycles. The zero-order valence-electron chi connectivity index (χ0n) is 15.6. The number of urea groups is 1. The number of carbonyl (C=O) groups is 1. The molecule has 2 aromatic carbocycles. The second-order valence-electron chi connectivity index (χ2n) is 6.66. The van der Waals surface area contributed by atoms with E-state index in [4.69, 9.17) is 4.74 Å². The molecule has 144 valence electrons. The van der Waals surface area contributed by atoms with Crippen molar-refractivity contribution >= 4 is 11.7 Å². The third-order valence-corrected chi connectivity index (χ3v) is 4.88. The molecule has 1 aliphatic rings. The summed E-state index contributed by atoms with van der Waals surface area (Å²) in [5.41, 5.74) is 2.41. The Bertz CT molecular complexity index is 968. The number of aromatic nitrogens is 1. The fourth-order valence-corrected chi connectivity index (χ4v) is 3.63. The fourth-order valence-electron chi connectivity index (χ4n) is 3.63. The first-order chi connectivity index (χ1) is 13.7. The van der Waals surface area contributed by atoms with Gasteiger partial charge in [0.2, 0.25) is 0 Å². The Kier molecular flexibility index (Phi) is 5.02. The minimum atomic E-state index is -0.345. The first kappa shape index (κ1) is 18.1. The summed E-state index contributed by atoms with van der Waals surface area (Å²) in [7, 11) is 0. The molecule has 1 unspecified atom stereocenters. The lowest BCUT2D eigenvalue weighted by molar-refractivity contribution is 0.181. The molecular formula is C22H22FN3O2. The monoisotopic (exact) mass is 379 g/mol. The molecule has 0 fully saturated rings. The molecule has 0 saturated heterocycles. The number of halogens is 1. The molecule has 1 N–H and O–H groups in total. The largest absolute Gasteiger partial charge is 0.494 e. The van der Waals surface area contributed by atoms with Crippen LogP contribution in [0.5, 0.6) is 5.75 Å². The Morgan fingerprint density at radius 1 is 1.14 bits per heavy atom. The zero-order chi connectivity index (χ0) is 19.5. The van der Waals surface area contributed by atoms with E-state index in [-0.39, 0.29) is 17.9 Å². The smallest absolute Gasteiger partial charge is 0.322 e. The number of nitrogens with one attached hydrogen (secondary N) is 1. The van der Waals surface area contributed by atoms with Gasteiger partial charge in [0.15, 0.2) is 0 Å². The van der Waals surface area contributed by atoms with Crippen molar-refractivity contribution in [2.24, 2.45) is 0 Å². The quantitative estimate of drug-likeness (QED) is 0.716. The third-order valence-electron chi connectivity index (χ3n) is 4.88. The van der Waals surface area contributed by atoms with E-state index in [0.29, 0.717) is 25.4 Å². The Labute approximate surface area is 163 Å². The van der Waals surface area contributed by atoms with Crippen LogP contribution in [0.15, 0.2) is 66.9 Å². The van der Waals surface area contributed by atoms with Crippen molar-refractivity contribution in [3.8, 4) is 5.75 Å². The molecule has 6 heteroatoms. The van der Waals surface area contributed by atoms with Crippen LogP contribution in [0.4, 0.5) is 14.9 Å². The highest BCUT2D eigenvalue weighted by Gasteiger charge is 2.32. The number of hydrogen-bond donors (Lipinski definition) is 1. The summed E-state index contributed by atoms with van der Waals surface area (Å²) in [5, 5.41) is 2.95. The summed E-state index contributed by atoms with van der Waals surface area (Å²) < 4.78 is 21.4. The highest BCUT2D eigenvalue weighted by atomic mass is 19.1. The lowest BCUT2D eigenvalue weighted by Gasteiger charge is -2.37. The van der Waals surface area contributed by atoms with Crippen LogP contribution in [-0.2, 0) is 6.54 Å². The van der Waals surface area contributed by atoms with E-state index in [2.05, 4.69) is 9.88 Å². The van der Waals surface area contributed by atoms with Gasteiger partial charge in [-0.25, -0.2) is 9.18 Å². The molecule has 4 rings (SSSR count). The normalized spacial score (nSPS) is 15.8. The number of anilines is 1. The average Bonchev–Trinajstić information content (AvgIpc) is 3.17. The standard InChI is InChI=1S/C22H22FN3O2/c1-2-28-19-10-8-18(9-11-19)24-22(27)26-14-13-25-12-4-7-20(25)21(26)16-5-3-6-17(23)15-16/h3-12,15,21H,2,13-14H2,1H3,(H,24,27). The Balaban J connectivity index is 1.60. The van der Waals surface area contributed by atoms with Gasteiger partial charge in [0.05, 0.1) is 12.6 Å². The Morgan fingerprint density at radius 2 is 1.96 bits per heavy atom. The second-order valence-corrected chi connectivity index (χ2v) is 6.66. The van der Waals surface area contributed by atoms with Gasteiger partial charge in [0, 0.05) is 30.7 Å². The number of benzene rings is 2. The molecule has 1 aromatic heterocycles. The number of carbonyl (C=O) groups excluding carboxylic acids is 1. The topological polar surface area (TPSA) is 46.5 Å². The zero-order valence-corrected chi connectivity index (χ0v) is 15.6. The SMILES string of the molecule is CCOc1ccc(NC(=O)N2CCn3cccc3C2c2cccc(F)c2)cc1. The number of fused-ring (bicyclic) bond motifs is 1. The average molecular weight is 379 g/mol. The van der Waals surface area contributed by atoms with E-state index >= 15 is 0 Å². The van der Waals surface area contributed by atoms with Crippen molar-refractivity contribution in [2.75, 3.05) is 18.5 Å². The van der Waals surface area contributed by atoms with E-state index < -0.39 is 0 Å². The first-order valence-corrected chi connectivity index (χ1v) is 9.36. The number of ether oxygens (including phenoxy) is 1. The summed E-state index contributed by atoms with van der Waals surface area (Å²) in [6.45, 7) is 3.75. The van der Waals surface area contributed by atoms with Gasteiger partial charge in [-0.3, -0.25) is 0 Å². The van der Waals surface area contributed by atoms with Crippen LogP contribution < -0.4 is 10.1 Å². The molecule has 0 spiro atoms. The summed E-state index contributed by atoms with van der Waals surface area (Å²) in [6.07, 6.45) is 1.99. The van der Waals surface area contributed by atoms with Gasteiger partial charge in [0.1, 0.15) is 11.6 Å². The Hall–Kier alpha value is -3.28. The van der Waals surface area contributed by atoms with Crippen LogP contribution >= 0.6 is 0 Å². The van der Waals surface area contributed by atoms with Gasteiger partial charge < -0.3 is 19.5 Å². The van der Waals surface area contributed by atoms with E-state index in [1.165, 1.54) is 12.1 Å². The molecule has 0 saturated carbocycles. The first-order valence-electron chi connectivity index (χ1n) is 9.36. The lowest BCUT2D eigenvalue weighted by Crippen LogP contribution is -2.44. The Morgan fingerprint density at radius 3 is 2.71 bits per heavy atom. The summed E-state index contributed by atoms with van der Waals surface area (Å²) >= 11 is 0. The van der Waals surface area contributed by atoms with Gasteiger partial charge in [-0.15, -0.1) is 0 Å². The van der Waals surface area contributed by atoms with Crippen LogP contribution in [0.3, 0.4) is 0 Å². The molecule has 1 atom stereocenters. The number of rotatable bonds is 4. The molecular weight excluding hydrogens is 357 g/mol. The molecule has 0 radical (unpaired) electrons. The minimum Gasteiger partial charge on any atom is -0.494 e. The molecule has 2 heterocycles. The predicted molar refractivity (Wildman–Crippen MR) is 106 cm³/mol. The van der Waals surface area contributed by atoms with Gasteiger partial charge in [-0.1, -0.05) is 12.1 Å². The highest BCUT2D eigenvalue weighted by Crippen LogP contribution is 2.33. The highest BCUT2D eigenvalue weighted by molar-refractivity contribution is 5.90. The number of amides is 2. The van der Waals surface area contributed by atoms with Gasteiger partial charge in [0.25, 0.3) is 0 Å². The van der Waals surface area contributed by atoms with Crippen molar-refractivity contribution < 1.29 is 13.9 Å². The van der Waals surface area contributed by atoms with E-state index in [0.717, 1.165) is 17.0 Å². The summed E-state index contributed by atoms with van der Waals surface area (Å²) in [6, 6.07) is 17.1. The maximum atomic E-state index is 13.9. The van der Waals surface area contributed by atoms with Crippen LogP contribution in [0.1, 0.15) is 24.2 Å². The molecule has 2 amide bonds. The number of nitrogens with zero attached hydrogens (tertiary/aromatic N) is 2. The van der Waals surface area contributed by atoms with Gasteiger partial charge in [-0.05, 0) is 61.0 Å². The summed E-state index contributed by atoms with van der Waals surface area (Å²) in [5.74, 6) is 0.446. The van der Waals surface area contributed by atoms with Crippen LogP contribution in [0.2, 0.25) is 0 Å². The van der Waals surface area contributed by atoms with E-state index in [1.54, 1.807) is 11.0 Å². The van der Waals surface area contributed by atoms with Crippen LogP contribution in [0.25, 0.3) is 0 Å². The van der Waals surface area contributed by atoms with Gasteiger partial charge >= 0.3 is 6.03 Å². The predicted octanol–water partition coefficient (Wildman–Crippen LogP) is 4.66. The lowest BCUT2D eigenvalue weighted by atomic mass is 10.00. The van der Waals surface area contributed by atoms with Crippen molar-refractivity contribution in [1.82, 2.24) is 9.47 Å². The van der Waals surface area contributed by atoms with E-state index in [1.807, 2.05) is 55.6 Å². The summed E-state index contributed by atoms with van der Waals surface area (Å²) in [4.78, 5) is 14.8. The fraction of sp³-hybridized carbons (Fsp3) is 0.227. The third kappa shape index (κ3) is 3.58. The molecule has 0 aliphatic carbocycles. The van der Waals surface area contributed by atoms with Gasteiger partial charge in [-0.2, -0.15) is 0 Å². The van der Waals surface area contributed by atoms with Crippen LogP contribution in [-0.4, -0.2) is 28.6 Å². The van der Waals surface area contributed by atoms with Crippen molar-refractivity contribution in [3.05, 3.63) is 83.9 Å². The van der Waals surface area contributed by atoms with E-state index in [9.17, 15) is 9.18 Å². The maximum absolute atomic E-state index is 13.9. The van der Waals surface area contributed by atoms with Crippen LogP contribution in [0, 0.1) is 5.82 Å².